The van der Waals surface area contributed by atoms with Gasteiger partial charge in [0.1, 0.15) is 0 Å². The molecule has 1 N–H and O–H groups in total. The first-order chi connectivity index (χ1) is 8.60. The van der Waals surface area contributed by atoms with Crippen LogP contribution in [0.15, 0.2) is 18.2 Å². The van der Waals surface area contributed by atoms with Gasteiger partial charge < -0.3 is 10.1 Å². The fourth-order valence-corrected chi connectivity index (χ4v) is 2.53. The van der Waals surface area contributed by atoms with E-state index in [1.54, 1.807) is 13.2 Å². The summed E-state index contributed by atoms with van der Waals surface area (Å²) in [5.74, 6) is 0. The fraction of sp³-hybridized carbons (Fsp3) is 0.571. The van der Waals surface area contributed by atoms with Gasteiger partial charge in [0, 0.05) is 19.2 Å². The average Bonchev–Trinajstić information content (AvgIpc) is 2.33. The van der Waals surface area contributed by atoms with Crippen molar-refractivity contribution in [1.29, 1.82) is 0 Å². The minimum absolute atomic E-state index is 0.155. The summed E-state index contributed by atoms with van der Waals surface area (Å²) in [6, 6.07) is 6.22. The summed E-state index contributed by atoms with van der Waals surface area (Å²) in [5.41, 5.74) is 1.03. The number of nitrogens with one attached hydrogen (secondary N) is 1. The van der Waals surface area contributed by atoms with Crippen molar-refractivity contribution in [3.05, 3.63) is 33.8 Å². The number of benzene rings is 1. The first-order valence-electron chi connectivity index (χ1n) is 6.29. The van der Waals surface area contributed by atoms with Crippen LogP contribution in [0, 0.1) is 0 Å². The molecule has 2 unspecified atom stereocenters. The maximum Gasteiger partial charge on any atom is 0.0639 e. The molecular weight excluding hydrogens is 269 g/mol. The fourth-order valence-electron chi connectivity index (χ4n) is 2.06. The first-order valence-corrected chi connectivity index (χ1v) is 7.04. The van der Waals surface area contributed by atoms with E-state index < -0.39 is 0 Å². The number of ether oxygens (including phenoxy) is 1. The highest BCUT2D eigenvalue weighted by Gasteiger charge is 2.15. The third-order valence-corrected chi connectivity index (χ3v) is 3.77. The molecule has 0 aliphatic carbocycles. The Kier molecular flexibility index (Phi) is 7.02. The van der Waals surface area contributed by atoms with Crippen LogP contribution in [0.5, 0.6) is 0 Å². The molecule has 0 aromatic heterocycles. The maximum absolute atomic E-state index is 6.22. The number of hydrogen-bond acceptors (Lipinski definition) is 2. The first kappa shape index (κ1) is 15.8. The minimum atomic E-state index is 0.155. The van der Waals surface area contributed by atoms with Crippen LogP contribution in [0.1, 0.15) is 38.3 Å². The second kappa shape index (κ2) is 8.00. The number of halogens is 2. The van der Waals surface area contributed by atoms with Crippen molar-refractivity contribution in [1.82, 2.24) is 5.32 Å². The summed E-state index contributed by atoms with van der Waals surface area (Å²) in [5, 5.41) is 4.77. The minimum Gasteiger partial charge on any atom is -0.383 e. The molecule has 0 heterocycles. The summed E-state index contributed by atoms with van der Waals surface area (Å²) in [4.78, 5) is 0. The molecule has 4 heteroatoms. The predicted octanol–water partition coefficient (Wildman–Crippen LogP) is 4.46. The van der Waals surface area contributed by atoms with E-state index in [0.29, 0.717) is 22.7 Å². The van der Waals surface area contributed by atoms with Gasteiger partial charge in [-0.15, -0.1) is 0 Å². The van der Waals surface area contributed by atoms with Crippen LogP contribution in [0.2, 0.25) is 10.0 Å². The van der Waals surface area contributed by atoms with Crippen LogP contribution in [-0.4, -0.2) is 19.8 Å². The Morgan fingerprint density at radius 3 is 2.67 bits per heavy atom. The normalized spacial score (nSPS) is 14.5. The Bertz CT molecular complexity index is 365. The van der Waals surface area contributed by atoms with E-state index in [2.05, 4.69) is 19.2 Å². The van der Waals surface area contributed by atoms with Gasteiger partial charge in [-0.25, -0.2) is 0 Å². The maximum atomic E-state index is 6.22. The van der Waals surface area contributed by atoms with Gasteiger partial charge in [0.05, 0.1) is 16.7 Å². The summed E-state index contributed by atoms with van der Waals surface area (Å²) in [7, 11) is 1.72. The molecule has 18 heavy (non-hydrogen) atoms. The molecule has 0 radical (unpaired) electrons. The lowest BCUT2D eigenvalue weighted by atomic mass is 10.1. The number of methoxy groups -OCH3 is 1. The second-order valence-corrected chi connectivity index (χ2v) is 5.26. The molecule has 0 spiro atoms. The van der Waals surface area contributed by atoms with Crippen molar-refractivity contribution < 1.29 is 4.74 Å². The predicted molar refractivity (Wildman–Crippen MR) is 78.6 cm³/mol. The summed E-state index contributed by atoms with van der Waals surface area (Å²) in [6.45, 7) is 4.97. The van der Waals surface area contributed by atoms with Crippen molar-refractivity contribution in [3.63, 3.8) is 0 Å². The highest BCUT2D eigenvalue weighted by Crippen LogP contribution is 2.30. The van der Waals surface area contributed by atoms with Crippen LogP contribution >= 0.6 is 23.2 Å². The van der Waals surface area contributed by atoms with Gasteiger partial charge in [0.25, 0.3) is 0 Å². The molecule has 0 aliphatic heterocycles. The Morgan fingerprint density at radius 1 is 1.33 bits per heavy atom. The van der Waals surface area contributed by atoms with Crippen molar-refractivity contribution in [2.75, 3.05) is 13.7 Å². The molecule has 0 amide bonds. The summed E-state index contributed by atoms with van der Waals surface area (Å²) >= 11 is 12.3. The van der Waals surface area contributed by atoms with E-state index in [9.17, 15) is 0 Å². The van der Waals surface area contributed by atoms with Crippen molar-refractivity contribution >= 4 is 23.2 Å². The Morgan fingerprint density at radius 2 is 2.06 bits per heavy atom. The second-order valence-electron chi connectivity index (χ2n) is 4.47. The summed E-state index contributed by atoms with van der Waals surface area (Å²) < 4.78 is 5.23. The van der Waals surface area contributed by atoms with Gasteiger partial charge in [0.15, 0.2) is 0 Å². The molecule has 1 rings (SSSR count). The lowest BCUT2D eigenvalue weighted by Gasteiger charge is -2.23. The molecule has 102 valence electrons. The molecular formula is C14H21Cl2NO. The van der Waals surface area contributed by atoms with Gasteiger partial charge in [-0.1, -0.05) is 48.7 Å². The lowest BCUT2D eigenvalue weighted by molar-refractivity contribution is 0.157. The SMILES string of the molecule is CCCC(COC)NC(C)c1cccc(Cl)c1Cl. The van der Waals surface area contributed by atoms with Crippen LogP contribution in [0.4, 0.5) is 0 Å². The highest BCUT2D eigenvalue weighted by molar-refractivity contribution is 6.42. The Labute approximate surface area is 120 Å². The standard InChI is InChI=1S/C14H21Cl2NO/c1-4-6-11(9-18-3)17-10(2)12-7-5-8-13(15)14(12)16/h5,7-8,10-11,17H,4,6,9H2,1-3H3. The number of hydrogen-bond donors (Lipinski definition) is 1. The van der Waals surface area contributed by atoms with Crippen LogP contribution < -0.4 is 5.32 Å². The zero-order valence-electron chi connectivity index (χ0n) is 11.2. The molecule has 1 aromatic rings. The highest BCUT2D eigenvalue weighted by atomic mass is 35.5. The molecule has 0 aliphatic rings. The number of rotatable bonds is 7. The van der Waals surface area contributed by atoms with Gasteiger partial charge in [-0.2, -0.15) is 0 Å². The van der Waals surface area contributed by atoms with E-state index in [-0.39, 0.29) is 6.04 Å². The van der Waals surface area contributed by atoms with Gasteiger partial charge in [-0.05, 0) is 25.0 Å². The molecule has 0 bridgehead atoms. The van der Waals surface area contributed by atoms with Crippen LogP contribution in [0.25, 0.3) is 0 Å². The zero-order valence-corrected chi connectivity index (χ0v) is 12.7. The van der Waals surface area contributed by atoms with Crippen LogP contribution in [0.3, 0.4) is 0 Å². The van der Waals surface area contributed by atoms with Crippen LogP contribution in [-0.2, 0) is 4.74 Å². The Balaban J connectivity index is 2.73. The third-order valence-electron chi connectivity index (χ3n) is 2.94. The molecule has 2 atom stereocenters. The van der Waals surface area contributed by atoms with E-state index in [4.69, 9.17) is 27.9 Å². The van der Waals surface area contributed by atoms with Crippen molar-refractivity contribution in [3.8, 4) is 0 Å². The molecule has 1 aromatic carbocycles. The van der Waals surface area contributed by atoms with E-state index >= 15 is 0 Å². The van der Waals surface area contributed by atoms with Gasteiger partial charge in [-0.3, -0.25) is 0 Å². The Hall–Kier alpha value is -0.280. The zero-order chi connectivity index (χ0) is 13.5. The average molecular weight is 290 g/mol. The van der Waals surface area contributed by atoms with Crippen molar-refractivity contribution in [2.45, 2.75) is 38.8 Å². The largest absolute Gasteiger partial charge is 0.383 e. The summed E-state index contributed by atoms with van der Waals surface area (Å²) in [6.07, 6.45) is 2.20. The van der Waals surface area contributed by atoms with Gasteiger partial charge >= 0.3 is 0 Å². The topological polar surface area (TPSA) is 21.3 Å². The van der Waals surface area contributed by atoms with Crippen molar-refractivity contribution in [2.24, 2.45) is 0 Å². The molecule has 0 saturated carbocycles. The van der Waals surface area contributed by atoms with E-state index in [0.717, 1.165) is 18.4 Å². The monoisotopic (exact) mass is 289 g/mol. The van der Waals surface area contributed by atoms with Gasteiger partial charge in [0.2, 0.25) is 0 Å². The molecule has 0 saturated heterocycles. The lowest BCUT2D eigenvalue weighted by Crippen LogP contribution is -2.35. The quantitative estimate of drug-likeness (QED) is 0.800. The molecule has 2 nitrogen and oxygen atoms in total. The van der Waals surface area contributed by atoms with E-state index in [1.165, 1.54) is 0 Å². The smallest absolute Gasteiger partial charge is 0.0639 e. The van der Waals surface area contributed by atoms with E-state index in [1.807, 2.05) is 12.1 Å². The molecule has 0 fully saturated rings. The third kappa shape index (κ3) is 4.43.